The van der Waals surface area contributed by atoms with Gasteiger partial charge in [0.15, 0.2) is 5.96 Å². The number of guanidine groups is 1. The summed E-state index contributed by atoms with van der Waals surface area (Å²) < 4.78 is 0. The molecule has 62 heavy (non-hydrogen) atoms. The Balaban J connectivity index is 1.62. The average molecular weight is 862 g/mol. The summed E-state index contributed by atoms with van der Waals surface area (Å²) in [6.45, 7) is 3.17. The van der Waals surface area contributed by atoms with Crippen molar-refractivity contribution in [2.75, 3.05) is 26.2 Å². The predicted octanol–water partition coefficient (Wildman–Crippen LogP) is -1.33. The van der Waals surface area contributed by atoms with E-state index in [2.05, 4.69) is 36.6 Å². The molecular weight excluding hydrogens is 803 g/mol. The minimum Gasteiger partial charge on any atom is -0.508 e. The number of carbonyl (C=O) groups is 7. The number of aliphatic hydroxyl groups is 1. The van der Waals surface area contributed by atoms with Gasteiger partial charge in [0.05, 0.1) is 13.2 Å². The Morgan fingerprint density at radius 2 is 1.50 bits per heavy atom. The third kappa shape index (κ3) is 14.5. The van der Waals surface area contributed by atoms with Gasteiger partial charge in [0, 0.05) is 49.5 Å². The van der Waals surface area contributed by atoms with Gasteiger partial charge in [0.25, 0.3) is 0 Å². The number of nitrogens with zero attached hydrogens (tertiary/aromatic N) is 2. The molecule has 1 saturated heterocycles. The molecule has 14 N–H and O–H groups in total. The largest absolute Gasteiger partial charge is 0.508 e. The molecule has 3 aromatic rings. The fraction of sp³-hybridized carbons (Fsp3) is 0.476. The molecular formula is C42H59N11O9. The zero-order chi connectivity index (χ0) is 45.3. The summed E-state index contributed by atoms with van der Waals surface area (Å²) in [7, 11) is 0. The number of rotatable bonds is 23. The zero-order valence-corrected chi connectivity index (χ0v) is 35.0. The summed E-state index contributed by atoms with van der Waals surface area (Å²) in [5, 5.41) is 33.4. The highest BCUT2D eigenvalue weighted by Crippen LogP contribution is 2.22. The van der Waals surface area contributed by atoms with Crippen LogP contribution < -0.4 is 43.8 Å². The Morgan fingerprint density at radius 3 is 2.16 bits per heavy atom. The monoisotopic (exact) mass is 861 g/mol. The molecule has 1 aromatic heterocycles. The fourth-order valence-corrected chi connectivity index (χ4v) is 7.25. The number of benzene rings is 2. The highest BCUT2D eigenvalue weighted by molar-refractivity contribution is 5.97. The van der Waals surface area contributed by atoms with Crippen molar-refractivity contribution in [1.82, 2.24) is 36.5 Å². The van der Waals surface area contributed by atoms with Gasteiger partial charge in [-0.2, -0.15) is 0 Å². The van der Waals surface area contributed by atoms with Crippen LogP contribution >= 0.6 is 0 Å². The van der Waals surface area contributed by atoms with Gasteiger partial charge in [-0.05, 0) is 67.3 Å². The smallest absolute Gasteiger partial charge is 0.245 e. The van der Waals surface area contributed by atoms with Gasteiger partial charge < -0.3 is 63.9 Å². The van der Waals surface area contributed by atoms with E-state index in [1.807, 2.05) is 38.1 Å². The van der Waals surface area contributed by atoms with Gasteiger partial charge in [-0.25, -0.2) is 0 Å². The van der Waals surface area contributed by atoms with Crippen molar-refractivity contribution in [3.8, 4) is 5.75 Å². The summed E-state index contributed by atoms with van der Waals surface area (Å²) in [6.07, 6.45) is 2.66. The number of phenols is 1. The topological polar surface area (TPSA) is 330 Å². The SMILES string of the molecule is CC(C)CC(NC(=O)C(Cc1c[nH]c2ccccc12)NC(=O)C(Cc1ccc(O)cc1)NC(=O)CCO)C(=O)NC(CCCN=C(N)N)C(=O)N1CCCC1C(=O)NCC(N)=O. The van der Waals surface area contributed by atoms with E-state index in [1.165, 1.54) is 17.0 Å². The number of amides is 7. The van der Waals surface area contributed by atoms with E-state index < -0.39 is 84.7 Å². The Morgan fingerprint density at radius 1 is 0.855 bits per heavy atom. The molecule has 1 fully saturated rings. The lowest BCUT2D eigenvalue weighted by Crippen LogP contribution is -2.60. The molecule has 20 nitrogen and oxygen atoms in total. The number of nitrogens with two attached hydrogens (primary N) is 3. The van der Waals surface area contributed by atoms with Gasteiger partial charge in [0.1, 0.15) is 36.0 Å². The van der Waals surface area contributed by atoms with Crippen LogP contribution in [0.4, 0.5) is 0 Å². The number of carbonyl (C=O) groups excluding carboxylic acids is 7. The lowest BCUT2D eigenvalue weighted by molar-refractivity contribution is -0.142. The Hall–Kier alpha value is -6.70. The van der Waals surface area contributed by atoms with Gasteiger partial charge in [0.2, 0.25) is 41.4 Å². The van der Waals surface area contributed by atoms with Crippen molar-refractivity contribution < 1.29 is 43.8 Å². The Bertz CT molecular complexity index is 2070. The summed E-state index contributed by atoms with van der Waals surface area (Å²) in [5.41, 5.74) is 18.3. The number of aromatic hydroxyl groups is 1. The van der Waals surface area contributed by atoms with E-state index in [9.17, 15) is 43.8 Å². The molecule has 4 rings (SSSR count). The molecule has 0 aliphatic carbocycles. The fourth-order valence-electron chi connectivity index (χ4n) is 7.25. The molecule has 0 radical (unpaired) electrons. The number of H-pyrrole nitrogens is 1. The molecule has 2 aromatic carbocycles. The minimum atomic E-state index is -1.29. The summed E-state index contributed by atoms with van der Waals surface area (Å²) in [6, 6.07) is 7.63. The summed E-state index contributed by atoms with van der Waals surface area (Å²) >= 11 is 0. The van der Waals surface area contributed by atoms with Crippen LogP contribution in [-0.2, 0) is 46.4 Å². The van der Waals surface area contributed by atoms with Crippen molar-refractivity contribution in [2.24, 2.45) is 28.1 Å². The van der Waals surface area contributed by atoms with Gasteiger partial charge in [-0.1, -0.05) is 44.2 Å². The highest BCUT2D eigenvalue weighted by atomic mass is 16.3. The number of likely N-dealkylation sites (tertiary alicyclic amines) is 1. The molecule has 1 aliphatic rings. The Kier molecular flexibility index (Phi) is 18.1. The lowest BCUT2D eigenvalue weighted by Gasteiger charge is -2.30. The van der Waals surface area contributed by atoms with Gasteiger partial charge >= 0.3 is 0 Å². The highest BCUT2D eigenvalue weighted by Gasteiger charge is 2.39. The maximum absolute atomic E-state index is 14.5. The maximum atomic E-state index is 14.5. The first-order valence-corrected chi connectivity index (χ1v) is 20.6. The number of nitrogens with one attached hydrogen (secondary N) is 6. The first kappa shape index (κ1) is 48.0. The molecule has 0 spiro atoms. The standard InChI is InChI=1S/C42H59N11O9/c1-24(2)19-31(37(58)50-30(9-5-16-46-42(44)45)41(62)53-17-6-10-34(53)40(61)48-23-35(43)56)51-39(60)33(21-26-22-47-29-8-4-3-7-28(26)29)52-38(59)32(49-36(57)15-18-54)20-25-11-13-27(55)14-12-25/h3-4,7-8,11-14,22,24,30-34,47,54-55H,5-6,9-10,15-21,23H2,1-2H3,(H2,43,56)(H,48,61)(H,49,57)(H,50,58)(H,51,60)(H,52,59)(H4,44,45,46). The number of aliphatic hydroxyl groups excluding tert-OH is 1. The number of primary amides is 1. The van der Waals surface area contributed by atoms with Crippen LogP contribution in [0, 0.1) is 5.92 Å². The number of fused-ring (bicyclic) bond motifs is 1. The van der Waals surface area contributed by atoms with Gasteiger partial charge in [-0.15, -0.1) is 0 Å². The van der Waals surface area contributed by atoms with E-state index >= 15 is 0 Å². The number of para-hydroxylation sites is 1. The minimum absolute atomic E-state index is 0.000794. The van der Waals surface area contributed by atoms with Crippen LogP contribution in [0.15, 0.2) is 59.7 Å². The second kappa shape index (κ2) is 23.3. The molecule has 20 heteroatoms. The molecule has 2 heterocycles. The quantitative estimate of drug-likeness (QED) is 0.0302. The first-order valence-electron chi connectivity index (χ1n) is 20.6. The number of aromatic nitrogens is 1. The number of aromatic amines is 1. The van der Waals surface area contributed by atoms with E-state index in [-0.39, 0.29) is 69.2 Å². The number of phenolic OH excluding ortho intramolecular Hbond substituents is 1. The van der Waals surface area contributed by atoms with Crippen molar-refractivity contribution >= 4 is 58.2 Å². The van der Waals surface area contributed by atoms with Crippen molar-refractivity contribution in [2.45, 2.75) is 95.4 Å². The number of hydrogen-bond acceptors (Lipinski definition) is 10. The normalized spacial score (nSPS) is 15.5. The number of aliphatic imine (C=N–C) groups is 1. The average Bonchev–Trinajstić information content (AvgIpc) is 3.88. The molecule has 1 aliphatic heterocycles. The van der Waals surface area contributed by atoms with Crippen LogP contribution in [-0.4, -0.2) is 124 Å². The number of hydrogen-bond donors (Lipinski definition) is 11. The first-order chi connectivity index (χ1) is 29.6. The second-order valence-electron chi connectivity index (χ2n) is 15.7. The summed E-state index contributed by atoms with van der Waals surface area (Å²) in [4.78, 5) is 102. The predicted molar refractivity (Wildman–Crippen MR) is 230 cm³/mol. The molecule has 0 saturated carbocycles. The zero-order valence-electron chi connectivity index (χ0n) is 35.0. The van der Waals surface area contributed by atoms with Crippen LogP contribution in [0.3, 0.4) is 0 Å². The van der Waals surface area contributed by atoms with Crippen LogP contribution in [0.25, 0.3) is 10.9 Å². The van der Waals surface area contributed by atoms with Crippen molar-refractivity contribution in [3.05, 3.63) is 65.9 Å². The van der Waals surface area contributed by atoms with E-state index in [0.717, 1.165) is 10.9 Å². The second-order valence-corrected chi connectivity index (χ2v) is 15.7. The van der Waals surface area contributed by atoms with E-state index in [0.29, 0.717) is 24.0 Å². The van der Waals surface area contributed by atoms with Crippen LogP contribution in [0.2, 0.25) is 0 Å². The van der Waals surface area contributed by atoms with E-state index in [1.54, 1.807) is 18.3 Å². The molecule has 7 amide bonds. The lowest BCUT2D eigenvalue weighted by atomic mass is 9.99. The van der Waals surface area contributed by atoms with Crippen molar-refractivity contribution in [1.29, 1.82) is 0 Å². The molecule has 0 bridgehead atoms. The Labute approximate surface area is 359 Å². The van der Waals surface area contributed by atoms with Gasteiger partial charge in [-0.3, -0.25) is 38.6 Å². The van der Waals surface area contributed by atoms with Crippen molar-refractivity contribution in [3.63, 3.8) is 0 Å². The molecule has 5 atom stereocenters. The molecule has 5 unspecified atom stereocenters. The molecule has 336 valence electrons. The van der Waals surface area contributed by atoms with Crippen LogP contribution in [0.5, 0.6) is 5.75 Å². The third-order valence-corrected chi connectivity index (χ3v) is 10.3. The van der Waals surface area contributed by atoms with Crippen LogP contribution in [0.1, 0.15) is 63.5 Å². The summed E-state index contributed by atoms with van der Waals surface area (Å²) in [5.74, 6) is -4.91. The van der Waals surface area contributed by atoms with E-state index in [4.69, 9.17) is 17.2 Å². The third-order valence-electron chi connectivity index (χ3n) is 10.3. The maximum Gasteiger partial charge on any atom is 0.245 e.